The second-order valence-corrected chi connectivity index (χ2v) is 7.66. The average molecular weight is 404 g/mol. The highest BCUT2D eigenvalue weighted by Gasteiger charge is 2.21. The summed E-state index contributed by atoms with van der Waals surface area (Å²) in [5.41, 5.74) is 1.05. The van der Waals surface area contributed by atoms with Gasteiger partial charge in [-0.2, -0.15) is 0 Å². The van der Waals surface area contributed by atoms with Crippen LogP contribution in [0, 0.1) is 0 Å². The monoisotopic (exact) mass is 404 g/mol. The second kappa shape index (κ2) is 7.50. The molecule has 0 bridgehead atoms. The minimum absolute atomic E-state index is 0.207. The number of alkyl halides is 1. The molecule has 1 fully saturated rings. The quantitative estimate of drug-likeness (QED) is 0.420. The summed E-state index contributed by atoms with van der Waals surface area (Å²) in [5, 5.41) is 5.25. The summed E-state index contributed by atoms with van der Waals surface area (Å²) in [5.74, 6) is -0.296. The predicted octanol–water partition coefficient (Wildman–Crippen LogP) is 2.77. The Morgan fingerprint density at radius 1 is 1.13 bits per heavy atom. The lowest BCUT2D eigenvalue weighted by molar-refractivity contribution is 0.0950. The summed E-state index contributed by atoms with van der Waals surface area (Å²) in [7, 11) is 0. The highest BCUT2D eigenvalue weighted by molar-refractivity contribution is 6.07. The number of nitrogens with zero attached hydrogens (tertiary/aromatic N) is 3. The highest BCUT2D eigenvalue weighted by atomic mass is 19.1. The van der Waals surface area contributed by atoms with Gasteiger partial charge >= 0.3 is 0 Å². The SMILES string of the molecule is O=C(NCCN1CC[C@H](F)C1)c1cccn2c(=O)c3ccc4ccccc4c3nc12. The van der Waals surface area contributed by atoms with Crippen LogP contribution in [0.4, 0.5) is 4.39 Å². The predicted molar refractivity (Wildman–Crippen MR) is 115 cm³/mol. The minimum atomic E-state index is -0.780. The van der Waals surface area contributed by atoms with Gasteiger partial charge in [0.1, 0.15) is 6.17 Å². The van der Waals surface area contributed by atoms with Crippen molar-refractivity contribution < 1.29 is 9.18 Å². The number of amides is 1. The molecular formula is C23H21FN4O2. The van der Waals surface area contributed by atoms with E-state index >= 15 is 0 Å². The van der Waals surface area contributed by atoms with Crippen molar-refractivity contribution in [3.63, 3.8) is 0 Å². The van der Waals surface area contributed by atoms with Gasteiger partial charge < -0.3 is 5.32 Å². The van der Waals surface area contributed by atoms with Crippen LogP contribution in [0.1, 0.15) is 16.8 Å². The van der Waals surface area contributed by atoms with Crippen molar-refractivity contribution in [1.29, 1.82) is 0 Å². The molecule has 2 aromatic carbocycles. The zero-order valence-electron chi connectivity index (χ0n) is 16.3. The lowest BCUT2D eigenvalue weighted by atomic mass is 10.1. The van der Waals surface area contributed by atoms with Gasteiger partial charge in [-0.3, -0.25) is 18.9 Å². The van der Waals surface area contributed by atoms with Gasteiger partial charge in [0, 0.05) is 37.8 Å². The number of fused-ring (bicyclic) bond motifs is 4. The highest BCUT2D eigenvalue weighted by Crippen LogP contribution is 2.23. The fraction of sp³-hybridized carbons (Fsp3) is 0.261. The van der Waals surface area contributed by atoms with Crippen LogP contribution in [0.15, 0.2) is 59.5 Å². The van der Waals surface area contributed by atoms with Crippen molar-refractivity contribution in [3.8, 4) is 0 Å². The van der Waals surface area contributed by atoms with E-state index in [2.05, 4.69) is 5.32 Å². The Hall–Kier alpha value is -3.32. The molecule has 6 nitrogen and oxygen atoms in total. The first-order valence-electron chi connectivity index (χ1n) is 10.1. The molecule has 4 aromatic rings. The molecule has 30 heavy (non-hydrogen) atoms. The normalized spacial score (nSPS) is 17.2. The van der Waals surface area contributed by atoms with Crippen LogP contribution in [-0.4, -0.2) is 52.5 Å². The number of carbonyl (C=O) groups excluding carboxylic acids is 1. The van der Waals surface area contributed by atoms with Crippen LogP contribution < -0.4 is 10.9 Å². The average Bonchev–Trinajstić information content (AvgIpc) is 3.18. The summed E-state index contributed by atoms with van der Waals surface area (Å²) < 4.78 is 14.7. The topological polar surface area (TPSA) is 66.7 Å². The molecule has 7 heteroatoms. The molecule has 1 N–H and O–H groups in total. The number of halogens is 1. The number of nitrogens with one attached hydrogen (secondary N) is 1. The fourth-order valence-corrected chi connectivity index (χ4v) is 4.15. The molecule has 1 saturated heterocycles. The second-order valence-electron chi connectivity index (χ2n) is 7.66. The number of aromatic nitrogens is 2. The van der Waals surface area contributed by atoms with Crippen LogP contribution in [0.2, 0.25) is 0 Å². The van der Waals surface area contributed by atoms with Crippen LogP contribution >= 0.6 is 0 Å². The number of likely N-dealkylation sites (tertiary alicyclic amines) is 1. The van der Waals surface area contributed by atoms with Crippen LogP contribution in [0.25, 0.3) is 27.3 Å². The van der Waals surface area contributed by atoms with Gasteiger partial charge in [-0.15, -0.1) is 0 Å². The summed E-state index contributed by atoms with van der Waals surface area (Å²) in [6.07, 6.45) is 1.39. The molecule has 0 aliphatic carbocycles. The Balaban J connectivity index is 1.53. The fourth-order valence-electron chi connectivity index (χ4n) is 4.15. The minimum Gasteiger partial charge on any atom is -0.351 e. The Labute approximate surface area is 171 Å². The molecule has 0 radical (unpaired) electrons. The molecule has 3 heterocycles. The molecule has 0 unspecified atom stereocenters. The van der Waals surface area contributed by atoms with E-state index in [9.17, 15) is 14.0 Å². The lowest BCUT2D eigenvalue weighted by Crippen LogP contribution is -2.34. The Morgan fingerprint density at radius 2 is 2.00 bits per heavy atom. The zero-order chi connectivity index (χ0) is 20.7. The maximum Gasteiger partial charge on any atom is 0.265 e. The van der Waals surface area contributed by atoms with Crippen molar-refractivity contribution in [2.24, 2.45) is 0 Å². The van der Waals surface area contributed by atoms with Gasteiger partial charge in [0.25, 0.3) is 11.5 Å². The van der Waals surface area contributed by atoms with Gasteiger partial charge in [-0.25, -0.2) is 9.37 Å². The number of carbonyl (C=O) groups is 1. The molecule has 5 rings (SSSR count). The third-order valence-corrected chi connectivity index (χ3v) is 5.71. The Kier molecular flexibility index (Phi) is 4.67. The first kappa shape index (κ1) is 18.7. The van der Waals surface area contributed by atoms with Gasteiger partial charge in [0.05, 0.1) is 16.5 Å². The maximum absolute atomic E-state index is 13.3. The smallest absolute Gasteiger partial charge is 0.265 e. The van der Waals surface area contributed by atoms with E-state index in [0.29, 0.717) is 54.7 Å². The summed E-state index contributed by atoms with van der Waals surface area (Å²) >= 11 is 0. The van der Waals surface area contributed by atoms with Gasteiger partial charge in [0.15, 0.2) is 5.65 Å². The first-order chi connectivity index (χ1) is 14.6. The largest absolute Gasteiger partial charge is 0.351 e. The van der Waals surface area contributed by atoms with Crippen molar-refractivity contribution in [1.82, 2.24) is 19.6 Å². The lowest BCUT2D eigenvalue weighted by Gasteiger charge is -2.15. The van der Waals surface area contributed by atoms with Gasteiger partial charge in [-0.1, -0.05) is 30.3 Å². The maximum atomic E-state index is 13.3. The summed E-state index contributed by atoms with van der Waals surface area (Å²) in [4.78, 5) is 32.6. The van der Waals surface area contributed by atoms with E-state index in [-0.39, 0.29) is 11.5 Å². The first-order valence-corrected chi connectivity index (χ1v) is 10.1. The molecule has 1 aliphatic heterocycles. The van der Waals surface area contributed by atoms with Crippen molar-refractivity contribution in [3.05, 3.63) is 70.6 Å². The van der Waals surface area contributed by atoms with E-state index in [1.54, 1.807) is 24.4 Å². The van der Waals surface area contributed by atoms with Crippen molar-refractivity contribution in [2.45, 2.75) is 12.6 Å². The molecule has 152 valence electrons. The van der Waals surface area contributed by atoms with E-state index in [0.717, 1.165) is 10.8 Å². The number of pyridine rings is 1. The van der Waals surface area contributed by atoms with E-state index in [1.165, 1.54) is 4.40 Å². The number of benzene rings is 2. The molecule has 0 spiro atoms. The van der Waals surface area contributed by atoms with E-state index in [4.69, 9.17) is 4.98 Å². The number of hydrogen-bond donors (Lipinski definition) is 1. The summed E-state index contributed by atoms with van der Waals surface area (Å²) in [6.45, 7) is 2.13. The third-order valence-electron chi connectivity index (χ3n) is 5.71. The zero-order valence-corrected chi connectivity index (χ0v) is 16.3. The standard InChI is InChI=1S/C23H21FN4O2/c24-16-9-12-27(14-16)13-10-25-22(29)19-6-3-11-28-21(19)26-20-17-5-2-1-4-15(17)7-8-18(20)23(28)30/h1-8,11,16H,9-10,12-14H2,(H,25,29)/t16-/m0/s1. The number of hydrogen-bond acceptors (Lipinski definition) is 4. The Morgan fingerprint density at radius 3 is 2.83 bits per heavy atom. The third kappa shape index (κ3) is 3.21. The molecule has 2 aromatic heterocycles. The van der Waals surface area contributed by atoms with E-state index in [1.807, 2.05) is 35.2 Å². The van der Waals surface area contributed by atoms with Crippen molar-refractivity contribution in [2.75, 3.05) is 26.2 Å². The molecular weight excluding hydrogens is 383 g/mol. The molecule has 1 amide bonds. The Bertz CT molecular complexity index is 1330. The molecule has 1 aliphatic rings. The van der Waals surface area contributed by atoms with Gasteiger partial charge in [-0.05, 0) is 30.0 Å². The number of rotatable bonds is 4. The molecule has 0 saturated carbocycles. The van der Waals surface area contributed by atoms with Crippen molar-refractivity contribution >= 4 is 33.2 Å². The van der Waals surface area contributed by atoms with Crippen LogP contribution in [-0.2, 0) is 0 Å². The molecule has 1 atom stereocenters. The van der Waals surface area contributed by atoms with Crippen LogP contribution in [0.3, 0.4) is 0 Å². The summed E-state index contributed by atoms with van der Waals surface area (Å²) in [6, 6.07) is 14.8. The van der Waals surface area contributed by atoms with Gasteiger partial charge in [0.2, 0.25) is 0 Å². The van der Waals surface area contributed by atoms with E-state index < -0.39 is 6.17 Å². The van der Waals surface area contributed by atoms with Crippen LogP contribution in [0.5, 0.6) is 0 Å².